The second-order valence-electron chi connectivity index (χ2n) is 5.85. The van der Waals surface area contributed by atoms with Crippen LogP contribution in [0, 0.1) is 17.8 Å². The molecule has 0 aliphatic heterocycles. The Morgan fingerprint density at radius 3 is 2.60 bits per heavy atom. The number of hydrogen-bond acceptors (Lipinski definition) is 1. The first-order valence-electron chi connectivity index (χ1n) is 6.91. The van der Waals surface area contributed by atoms with E-state index in [9.17, 15) is 18.0 Å². The van der Waals surface area contributed by atoms with Gasteiger partial charge in [0, 0.05) is 11.6 Å². The lowest BCUT2D eigenvalue weighted by atomic mass is 9.88. The predicted molar refractivity (Wildman–Crippen MR) is 69.0 cm³/mol. The highest BCUT2D eigenvalue weighted by atomic mass is 19.4. The van der Waals surface area contributed by atoms with Gasteiger partial charge in [0.25, 0.3) is 0 Å². The number of benzene rings is 1. The standard InChI is InChI=1S/C15H16F3NO/c16-15(17,18)11-2-1-3-12(8-11)19-14(20)13-7-9-4-5-10(13)6-9/h1-3,8-10,13H,4-7H2,(H,19,20). The number of halogens is 3. The molecule has 20 heavy (non-hydrogen) atoms. The van der Waals surface area contributed by atoms with Crippen LogP contribution in [-0.4, -0.2) is 5.91 Å². The molecular weight excluding hydrogens is 267 g/mol. The van der Waals surface area contributed by atoms with Gasteiger partial charge in [-0.2, -0.15) is 13.2 Å². The zero-order chi connectivity index (χ0) is 14.3. The molecular formula is C15H16F3NO. The zero-order valence-corrected chi connectivity index (χ0v) is 10.9. The van der Waals surface area contributed by atoms with Crippen LogP contribution >= 0.6 is 0 Å². The highest BCUT2D eigenvalue weighted by Gasteiger charge is 2.43. The summed E-state index contributed by atoms with van der Waals surface area (Å²) in [6.07, 6.45) is -0.132. The van der Waals surface area contributed by atoms with E-state index in [1.807, 2.05) is 0 Å². The second kappa shape index (κ2) is 4.79. The number of carbonyl (C=O) groups is 1. The monoisotopic (exact) mass is 283 g/mol. The molecule has 2 nitrogen and oxygen atoms in total. The molecule has 1 amide bonds. The van der Waals surface area contributed by atoms with E-state index in [0.717, 1.165) is 31.4 Å². The van der Waals surface area contributed by atoms with Gasteiger partial charge in [0.1, 0.15) is 0 Å². The van der Waals surface area contributed by atoms with Gasteiger partial charge < -0.3 is 5.32 Å². The Kier molecular flexibility index (Phi) is 3.22. The summed E-state index contributed by atoms with van der Waals surface area (Å²) in [5.74, 6) is 0.905. The van der Waals surface area contributed by atoms with E-state index in [4.69, 9.17) is 0 Å². The van der Waals surface area contributed by atoms with Crippen molar-refractivity contribution in [2.75, 3.05) is 5.32 Å². The maximum absolute atomic E-state index is 12.6. The van der Waals surface area contributed by atoms with E-state index in [1.165, 1.54) is 18.6 Å². The molecule has 3 unspecified atom stereocenters. The van der Waals surface area contributed by atoms with Gasteiger partial charge in [-0.05, 0) is 49.3 Å². The van der Waals surface area contributed by atoms with Crippen molar-refractivity contribution in [3.05, 3.63) is 29.8 Å². The van der Waals surface area contributed by atoms with E-state index in [1.54, 1.807) is 0 Å². The molecule has 0 aromatic heterocycles. The van der Waals surface area contributed by atoms with E-state index >= 15 is 0 Å². The van der Waals surface area contributed by atoms with Crippen LogP contribution in [0.25, 0.3) is 0 Å². The van der Waals surface area contributed by atoms with Crippen LogP contribution in [0.2, 0.25) is 0 Å². The number of rotatable bonds is 2. The van der Waals surface area contributed by atoms with Crippen LogP contribution in [0.3, 0.4) is 0 Å². The first-order valence-corrected chi connectivity index (χ1v) is 6.91. The SMILES string of the molecule is O=C(Nc1cccc(C(F)(F)F)c1)C1CC2CCC1C2. The number of hydrogen-bond donors (Lipinski definition) is 1. The molecule has 0 heterocycles. The Bertz CT molecular complexity index is 526. The highest BCUT2D eigenvalue weighted by molar-refractivity contribution is 5.93. The molecule has 2 saturated carbocycles. The third kappa shape index (κ3) is 2.53. The normalized spacial score (nSPS) is 28.6. The average molecular weight is 283 g/mol. The van der Waals surface area contributed by atoms with Gasteiger partial charge in [-0.1, -0.05) is 12.5 Å². The lowest BCUT2D eigenvalue weighted by Gasteiger charge is -2.21. The minimum Gasteiger partial charge on any atom is -0.326 e. The Hall–Kier alpha value is -1.52. The summed E-state index contributed by atoms with van der Waals surface area (Å²) in [7, 11) is 0. The molecule has 5 heteroatoms. The van der Waals surface area contributed by atoms with E-state index in [-0.39, 0.29) is 17.5 Å². The molecule has 3 rings (SSSR count). The quantitative estimate of drug-likeness (QED) is 0.870. The number of anilines is 1. The molecule has 3 atom stereocenters. The predicted octanol–water partition coefficient (Wildman–Crippen LogP) is 4.08. The maximum atomic E-state index is 12.6. The van der Waals surface area contributed by atoms with Crippen molar-refractivity contribution >= 4 is 11.6 Å². The summed E-state index contributed by atoms with van der Waals surface area (Å²) in [6.45, 7) is 0. The van der Waals surface area contributed by atoms with Crippen molar-refractivity contribution in [3.63, 3.8) is 0 Å². The molecule has 0 spiro atoms. The molecule has 0 radical (unpaired) electrons. The van der Waals surface area contributed by atoms with Crippen molar-refractivity contribution in [1.29, 1.82) is 0 Å². The lowest BCUT2D eigenvalue weighted by Crippen LogP contribution is -2.27. The maximum Gasteiger partial charge on any atom is 0.416 e. The average Bonchev–Trinajstić information content (AvgIpc) is 3.00. The first kappa shape index (κ1) is 13.5. The van der Waals surface area contributed by atoms with Gasteiger partial charge in [0.05, 0.1) is 5.56 Å². The van der Waals surface area contributed by atoms with Crippen LogP contribution < -0.4 is 5.32 Å². The third-order valence-electron chi connectivity index (χ3n) is 4.53. The van der Waals surface area contributed by atoms with Gasteiger partial charge in [0.2, 0.25) is 5.91 Å². The molecule has 2 aliphatic carbocycles. The van der Waals surface area contributed by atoms with Gasteiger partial charge >= 0.3 is 6.18 Å². The van der Waals surface area contributed by atoms with Crippen molar-refractivity contribution in [2.45, 2.75) is 31.9 Å². The fourth-order valence-corrected chi connectivity index (χ4v) is 3.57. The largest absolute Gasteiger partial charge is 0.416 e. The zero-order valence-electron chi connectivity index (χ0n) is 10.9. The second-order valence-corrected chi connectivity index (χ2v) is 5.85. The third-order valence-corrected chi connectivity index (χ3v) is 4.53. The summed E-state index contributed by atoms with van der Waals surface area (Å²) in [4.78, 5) is 12.2. The molecule has 1 aromatic carbocycles. The van der Waals surface area contributed by atoms with Crippen LogP contribution in [0.4, 0.5) is 18.9 Å². The van der Waals surface area contributed by atoms with Crippen LogP contribution in [0.15, 0.2) is 24.3 Å². The number of alkyl halides is 3. The summed E-state index contributed by atoms with van der Waals surface area (Å²) in [5, 5.41) is 2.64. The lowest BCUT2D eigenvalue weighted by molar-refractivity contribution is -0.137. The van der Waals surface area contributed by atoms with Gasteiger partial charge in [-0.25, -0.2) is 0 Å². The van der Waals surface area contributed by atoms with Crippen molar-refractivity contribution < 1.29 is 18.0 Å². The van der Waals surface area contributed by atoms with E-state index < -0.39 is 11.7 Å². The molecule has 2 aliphatic rings. The number of fused-ring (bicyclic) bond motifs is 2. The molecule has 0 saturated heterocycles. The van der Waals surface area contributed by atoms with Crippen LogP contribution in [-0.2, 0) is 11.0 Å². The van der Waals surface area contributed by atoms with Crippen molar-refractivity contribution in [3.8, 4) is 0 Å². The van der Waals surface area contributed by atoms with Crippen LogP contribution in [0.5, 0.6) is 0 Å². The topological polar surface area (TPSA) is 29.1 Å². The minimum absolute atomic E-state index is 0.0247. The fourth-order valence-electron chi connectivity index (χ4n) is 3.57. The Balaban J connectivity index is 1.70. The number of carbonyl (C=O) groups excluding carboxylic acids is 1. The molecule has 2 fully saturated rings. The van der Waals surface area contributed by atoms with Crippen molar-refractivity contribution in [2.24, 2.45) is 17.8 Å². The number of amides is 1. The van der Waals surface area contributed by atoms with Gasteiger partial charge in [-0.3, -0.25) is 4.79 Å². The Morgan fingerprint density at radius 1 is 1.20 bits per heavy atom. The molecule has 2 bridgehead atoms. The summed E-state index contributed by atoms with van der Waals surface area (Å²) in [6, 6.07) is 4.82. The smallest absolute Gasteiger partial charge is 0.326 e. The highest BCUT2D eigenvalue weighted by Crippen LogP contribution is 2.48. The van der Waals surface area contributed by atoms with Gasteiger partial charge in [0.15, 0.2) is 0 Å². The fraction of sp³-hybridized carbons (Fsp3) is 0.533. The minimum atomic E-state index is -4.38. The van der Waals surface area contributed by atoms with E-state index in [0.29, 0.717) is 11.8 Å². The summed E-state index contributed by atoms with van der Waals surface area (Å²) >= 11 is 0. The molecule has 1 aromatic rings. The number of nitrogens with one attached hydrogen (secondary N) is 1. The van der Waals surface area contributed by atoms with Crippen molar-refractivity contribution in [1.82, 2.24) is 0 Å². The van der Waals surface area contributed by atoms with Crippen LogP contribution in [0.1, 0.15) is 31.2 Å². The molecule has 1 N–H and O–H groups in total. The van der Waals surface area contributed by atoms with E-state index in [2.05, 4.69) is 5.32 Å². The van der Waals surface area contributed by atoms with Gasteiger partial charge in [-0.15, -0.1) is 0 Å². The Labute approximate surface area is 115 Å². The summed E-state index contributed by atoms with van der Waals surface area (Å²) < 4.78 is 37.8. The first-order chi connectivity index (χ1) is 9.43. The summed E-state index contributed by atoms with van der Waals surface area (Å²) in [5.41, 5.74) is -0.504. The Morgan fingerprint density at radius 2 is 2.00 bits per heavy atom. The molecule has 108 valence electrons.